The minimum absolute atomic E-state index is 0.532. The maximum absolute atomic E-state index is 2.50. The molecule has 10 aromatic carbocycles. The van der Waals surface area contributed by atoms with Crippen molar-refractivity contribution < 1.29 is 0 Å². The minimum atomic E-state index is -0.532. The molecule has 0 spiro atoms. The van der Waals surface area contributed by atoms with E-state index in [0.29, 0.717) is 0 Å². The monoisotopic (exact) mass is 829 g/mol. The second-order valence-electron chi connectivity index (χ2n) is 17.7. The summed E-state index contributed by atoms with van der Waals surface area (Å²) < 4.78 is 0. The Bertz CT molecular complexity index is 3130. The van der Waals surface area contributed by atoms with Gasteiger partial charge in [-0.15, -0.1) is 0 Å². The lowest BCUT2D eigenvalue weighted by Crippen LogP contribution is -2.29. The van der Waals surface area contributed by atoms with Gasteiger partial charge in [-0.2, -0.15) is 0 Å². The summed E-state index contributed by atoms with van der Waals surface area (Å²) in [6, 6.07) is 92.6. The molecule has 308 valence electrons. The molecule has 0 bridgehead atoms. The molecule has 2 aliphatic rings. The Balaban J connectivity index is 1.14. The minimum Gasteiger partial charge on any atom is -0.310 e. The Hall–Kier alpha value is -8.00. The predicted octanol–water partition coefficient (Wildman–Crippen LogP) is 16.2. The fourth-order valence-corrected chi connectivity index (χ4v) is 11.6. The van der Waals surface area contributed by atoms with E-state index >= 15 is 0 Å². The maximum atomic E-state index is 2.50. The summed E-state index contributed by atoms with van der Waals surface area (Å²) in [5.41, 5.74) is 22.6. The number of aryl methyl sites for hydroxylation is 2. The van der Waals surface area contributed by atoms with Crippen LogP contribution in [0.15, 0.2) is 249 Å². The summed E-state index contributed by atoms with van der Waals surface area (Å²) in [5, 5.41) is 0. The van der Waals surface area contributed by atoms with Crippen LogP contribution in [0.25, 0.3) is 33.4 Å². The number of rotatable bonds is 8. The van der Waals surface area contributed by atoms with Gasteiger partial charge in [0.2, 0.25) is 0 Å². The second-order valence-corrected chi connectivity index (χ2v) is 17.7. The predicted molar refractivity (Wildman–Crippen MR) is 271 cm³/mol. The fraction of sp³-hybridized carbons (Fsp3) is 0.0625. The Labute approximate surface area is 382 Å². The highest BCUT2D eigenvalue weighted by Crippen LogP contribution is 2.59. The Morgan fingerprint density at radius 3 is 0.954 bits per heavy atom. The standard InChI is InChI=1S/C64H47N/c1-44-21-15-16-30-53(44)54-38-35-50(41-45(54)2)65(51-36-39-57-55-31-17-19-33-59(55)63(61(57)42-51,46-22-7-3-8-23-46)47-24-9-4-10-25-47)52-37-40-58-56-32-18-20-34-60(56)64(62(58)43-52,48-26-11-5-12-27-48)49-28-13-6-14-29-49/h3-43H,1-2H3. The molecule has 0 heterocycles. The van der Waals surface area contributed by atoms with Crippen LogP contribution in [-0.2, 0) is 10.8 Å². The van der Waals surface area contributed by atoms with Crippen molar-refractivity contribution in [1.82, 2.24) is 0 Å². The quantitative estimate of drug-likeness (QED) is 0.147. The first-order valence-electron chi connectivity index (χ1n) is 22.8. The van der Waals surface area contributed by atoms with Crippen molar-refractivity contribution in [2.75, 3.05) is 4.90 Å². The number of hydrogen-bond donors (Lipinski definition) is 0. The molecule has 0 aromatic heterocycles. The molecule has 1 heteroatoms. The highest BCUT2D eigenvalue weighted by Gasteiger charge is 2.48. The molecule has 2 aliphatic carbocycles. The topological polar surface area (TPSA) is 3.24 Å². The van der Waals surface area contributed by atoms with Crippen molar-refractivity contribution in [3.8, 4) is 33.4 Å². The van der Waals surface area contributed by atoms with Crippen molar-refractivity contribution in [2.24, 2.45) is 0 Å². The van der Waals surface area contributed by atoms with Crippen LogP contribution >= 0.6 is 0 Å². The molecule has 0 aliphatic heterocycles. The van der Waals surface area contributed by atoms with E-state index < -0.39 is 10.8 Å². The van der Waals surface area contributed by atoms with E-state index in [4.69, 9.17) is 0 Å². The van der Waals surface area contributed by atoms with Crippen LogP contribution < -0.4 is 4.90 Å². The second kappa shape index (κ2) is 15.4. The molecule has 0 unspecified atom stereocenters. The van der Waals surface area contributed by atoms with Gasteiger partial charge in [-0.3, -0.25) is 0 Å². The lowest BCUT2D eigenvalue weighted by atomic mass is 9.67. The lowest BCUT2D eigenvalue weighted by Gasteiger charge is -2.36. The fourth-order valence-electron chi connectivity index (χ4n) is 11.6. The molecule has 0 fully saturated rings. The lowest BCUT2D eigenvalue weighted by molar-refractivity contribution is 0.767. The maximum Gasteiger partial charge on any atom is 0.0714 e. The summed E-state index contributed by atoms with van der Waals surface area (Å²) >= 11 is 0. The third-order valence-corrected chi connectivity index (χ3v) is 14.3. The average molecular weight is 830 g/mol. The summed E-state index contributed by atoms with van der Waals surface area (Å²) in [6.07, 6.45) is 0. The highest BCUT2D eigenvalue weighted by atomic mass is 15.1. The molecule has 12 rings (SSSR count). The van der Waals surface area contributed by atoms with E-state index in [2.05, 4.69) is 267 Å². The van der Waals surface area contributed by atoms with E-state index in [-0.39, 0.29) is 0 Å². The molecule has 0 atom stereocenters. The third kappa shape index (κ3) is 5.79. The van der Waals surface area contributed by atoms with Crippen LogP contribution in [0, 0.1) is 13.8 Å². The zero-order valence-electron chi connectivity index (χ0n) is 36.6. The summed E-state index contributed by atoms with van der Waals surface area (Å²) in [4.78, 5) is 2.50. The SMILES string of the molecule is Cc1ccccc1-c1ccc(N(c2ccc3c(c2)C(c2ccccc2)(c2ccccc2)c2ccccc2-3)c2ccc3c(c2)C(c2ccccc2)(c2ccccc2)c2ccccc2-3)cc1C. The van der Waals surface area contributed by atoms with E-state index in [0.717, 1.165) is 17.1 Å². The molecular formula is C64H47N. The summed E-state index contributed by atoms with van der Waals surface area (Å²) in [5.74, 6) is 0. The van der Waals surface area contributed by atoms with Gasteiger partial charge in [-0.05, 0) is 139 Å². The average Bonchev–Trinajstić information content (AvgIpc) is 3.83. The normalized spacial score (nSPS) is 13.6. The van der Waals surface area contributed by atoms with Gasteiger partial charge in [0.1, 0.15) is 0 Å². The number of hydrogen-bond acceptors (Lipinski definition) is 1. The van der Waals surface area contributed by atoms with Crippen LogP contribution in [0.4, 0.5) is 17.1 Å². The van der Waals surface area contributed by atoms with E-state index in [1.54, 1.807) is 0 Å². The van der Waals surface area contributed by atoms with E-state index in [1.807, 2.05) is 0 Å². The molecule has 0 amide bonds. The molecule has 0 saturated carbocycles. The smallest absolute Gasteiger partial charge is 0.0714 e. The Morgan fingerprint density at radius 1 is 0.246 bits per heavy atom. The largest absolute Gasteiger partial charge is 0.310 e. The Morgan fingerprint density at radius 2 is 0.554 bits per heavy atom. The van der Waals surface area contributed by atoms with Crippen molar-refractivity contribution in [1.29, 1.82) is 0 Å². The number of anilines is 3. The van der Waals surface area contributed by atoms with Gasteiger partial charge in [0.15, 0.2) is 0 Å². The first kappa shape index (κ1) is 38.7. The van der Waals surface area contributed by atoms with Crippen molar-refractivity contribution in [2.45, 2.75) is 24.7 Å². The summed E-state index contributed by atoms with van der Waals surface area (Å²) in [7, 11) is 0. The van der Waals surface area contributed by atoms with Crippen LogP contribution in [0.2, 0.25) is 0 Å². The molecular weight excluding hydrogens is 783 g/mol. The van der Waals surface area contributed by atoms with Gasteiger partial charge < -0.3 is 4.90 Å². The highest BCUT2D eigenvalue weighted by molar-refractivity contribution is 5.92. The third-order valence-electron chi connectivity index (χ3n) is 14.3. The van der Waals surface area contributed by atoms with Gasteiger partial charge in [-0.25, -0.2) is 0 Å². The van der Waals surface area contributed by atoms with Crippen molar-refractivity contribution >= 4 is 17.1 Å². The molecule has 1 nitrogen and oxygen atoms in total. The number of fused-ring (bicyclic) bond motifs is 6. The van der Waals surface area contributed by atoms with E-state index in [1.165, 1.54) is 89.0 Å². The van der Waals surface area contributed by atoms with Crippen LogP contribution in [0.5, 0.6) is 0 Å². The summed E-state index contributed by atoms with van der Waals surface area (Å²) in [6.45, 7) is 4.46. The first-order valence-corrected chi connectivity index (χ1v) is 22.8. The van der Waals surface area contributed by atoms with Crippen molar-refractivity contribution in [3.05, 3.63) is 304 Å². The van der Waals surface area contributed by atoms with E-state index in [9.17, 15) is 0 Å². The number of benzene rings is 10. The van der Waals surface area contributed by atoms with Gasteiger partial charge in [0, 0.05) is 17.1 Å². The van der Waals surface area contributed by atoms with Crippen molar-refractivity contribution in [3.63, 3.8) is 0 Å². The number of nitrogens with zero attached hydrogens (tertiary/aromatic N) is 1. The van der Waals surface area contributed by atoms with Gasteiger partial charge in [0.25, 0.3) is 0 Å². The van der Waals surface area contributed by atoms with Crippen LogP contribution in [-0.4, -0.2) is 0 Å². The van der Waals surface area contributed by atoms with Crippen LogP contribution in [0.1, 0.15) is 55.6 Å². The molecule has 0 N–H and O–H groups in total. The van der Waals surface area contributed by atoms with Gasteiger partial charge in [-0.1, -0.05) is 212 Å². The molecule has 0 radical (unpaired) electrons. The molecule has 10 aromatic rings. The Kier molecular flexibility index (Phi) is 9.14. The zero-order valence-corrected chi connectivity index (χ0v) is 36.6. The molecule has 65 heavy (non-hydrogen) atoms. The van der Waals surface area contributed by atoms with Gasteiger partial charge >= 0.3 is 0 Å². The van der Waals surface area contributed by atoms with Crippen LogP contribution in [0.3, 0.4) is 0 Å². The zero-order chi connectivity index (χ0) is 43.5. The first-order chi connectivity index (χ1) is 32.1. The van der Waals surface area contributed by atoms with Gasteiger partial charge in [0.05, 0.1) is 10.8 Å². The molecule has 0 saturated heterocycles.